The second-order valence-electron chi connectivity index (χ2n) is 5.78. The molecular weight excluding hydrogens is 389 g/mol. The van der Waals surface area contributed by atoms with Gasteiger partial charge in [0.1, 0.15) is 11.5 Å². The number of carboxylic acid groups (broad SMARTS) is 1. The SMILES string of the molecule is NC(=Nc1ccc(F)c(Cl)c1)c1nonc1CNc1ccc(CC(=O)O)cc1. The Morgan fingerprint density at radius 1 is 1.25 bits per heavy atom. The topological polar surface area (TPSA) is 127 Å². The van der Waals surface area contributed by atoms with Crippen molar-refractivity contribution in [1.82, 2.24) is 10.3 Å². The molecule has 0 unspecified atom stereocenters. The zero-order chi connectivity index (χ0) is 20.1. The molecule has 144 valence electrons. The van der Waals surface area contributed by atoms with Gasteiger partial charge in [-0.05, 0) is 41.1 Å². The fourth-order valence-electron chi connectivity index (χ4n) is 2.36. The molecular formula is C18H15ClFN5O3. The number of carboxylic acids is 1. The van der Waals surface area contributed by atoms with Crippen LogP contribution < -0.4 is 11.1 Å². The molecule has 28 heavy (non-hydrogen) atoms. The van der Waals surface area contributed by atoms with Crippen LogP contribution in [0.4, 0.5) is 15.8 Å². The van der Waals surface area contributed by atoms with Crippen LogP contribution in [0.2, 0.25) is 5.02 Å². The van der Waals surface area contributed by atoms with Crippen molar-refractivity contribution in [1.29, 1.82) is 0 Å². The molecule has 0 saturated heterocycles. The number of hydrogen-bond acceptors (Lipinski definition) is 6. The fourth-order valence-corrected chi connectivity index (χ4v) is 2.54. The maximum absolute atomic E-state index is 13.2. The van der Waals surface area contributed by atoms with Crippen molar-refractivity contribution in [2.45, 2.75) is 13.0 Å². The number of amidine groups is 1. The summed E-state index contributed by atoms with van der Waals surface area (Å²) in [5.74, 6) is -1.41. The minimum absolute atomic E-state index is 0.0394. The Kier molecular flexibility index (Phi) is 5.85. The number of halogens is 2. The van der Waals surface area contributed by atoms with Gasteiger partial charge in [-0.25, -0.2) is 14.0 Å². The second kappa shape index (κ2) is 8.49. The first-order chi connectivity index (χ1) is 13.4. The lowest BCUT2D eigenvalue weighted by atomic mass is 10.1. The van der Waals surface area contributed by atoms with E-state index in [2.05, 4.69) is 20.6 Å². The van der Waals surface area contributed by atoms with Crippen molar-refractivity contribution < 1.29 is 18.9 Å². The molecule has 0 bridgehead atoms. The number of aliphatic imine (C=N–C) groups is 1. The predicted octanol–water partition coefficient (Wildman–Crippen LogP) is 3.14. The molecule has 0 amide bonds. The van der Waals surface area contributed by atoms with E-state index in [9.17, 15) is 9.18 Å². The maximum Gasteiger partial charge on any atom is 0.307 e. The van der Waals surface area contributed by atoms with Crippen LogP contribution >= 0.6 is 11.6 Å². The van der Waals surface area contributed by atoms with Gasteiger partial charge in [-0.1, -0.05) is 28.9 Å². The highest BCUT2D eigenvalue weighted by Crippen LogP contribution is 2.22. The number of carbonyl (C=O) groups is 1. The minimum atomic E-state index is -0.892. The minimum Gasteiger partial charge on any atom is -0.481 e. The molecule has 8 nitrogen and oxygen atoms in total. The summed E-state index contributed by atoms with van der Waals surface area (Å²) in [7, 11) is 0. The molecule has 0 radical (unpaired) electrons. The Morgan fingerprint density at radius 2 is 2.00 bits per heavy atom. The number of anilines is 1. The summed E-state index contributed by atoms with van der Waals surface area (Å²) in [4.78, 5) is 14.9. The van der Waals surface area contributed by atoms with Crippen molar-refractivity contribution in [3.63, 3.8) is 0 Å². The molecule has 2 aromatic carbocycles. The maximum atomic E-state index is 13.2. The van der Waals surface area contributed by atoms with Gasteiger partial charge in [-0.2, -0.15) is 0 Å². The first-order valence-electron chi connectivity index (χ1n) is 8.08. The van der Waals surface area contributed by atoms with Crippen LogP contribution in [0.15, 0.2) is 52.1 Å². The Hall–Kier alpha value is -3.46. The summed E-state index contributed by atoms with van der Waals surface area (Å²) in [6.45, 7) is 0.248. The summed E-state index contributed by atoms with van der Waals surface area (Å²) in [5, 5.41) is 19.4. The van der Waals surface area contributed by atoms with Gasteiger partial charge < -0.3 is 16.2 Å². The summed E-state index contributed by atoms with van der Waals surface area (Å²) >= 11 is 5.74. The Morgan fingerprint density at radius 3 is 2.68 bits per heavy atom. The molecule has 1 aromatic heterocycles. The van der Waals surface area contributed by atoms with Gasteiger partial charge in [-0.15, -0.1) is 0 Å². The summed E-state index contributed by atoms with van der Waals surface area (Å²) < 4.78 is 18.0. The van der Waals surface area contributed by atoms with Crippen LogP contribution in [0, 0.1) is 5.82 Å². The Balaban J connectivity index is 1.70. The van der Waals surface area contributed by atoms with E-state index in [1.165, 1.54) is 18.2 Å². The van der Waals surface area contributed by atoms with Crippen LogP contribution in [0.1, 0.15) is 17.0 Å². The molecule has 0 fully saturated rings. The molecule has 0 spiro atoms. The Bertz CT molecular complexity index is 1020. The number of nitrogens with zero attached hydrogens (tertiary/aromatic N) is 3. The summed E-state index contributed by atoms with van der Waals surface area (Å²) in [6.07, 6.45) is -0.0436. The third-order valence-corrected chi connectivity index (χ3v) is 4.01. The van der Waals surface area contributed by atoms with Gasteiger partial charge >= 0.3 is 5.97 Å². The van der Waals surface area contributed by atoms with E-state index in [-0.39, 0.29) is 29.5 Å². The summed E-state index contributed by atoms with van der Waals surface area (Å²) in [5.41, 5.74) is 8.43. The lowest BCUT2D eigenvalue weighted by molar-refractivity contribution is -0.136. The third kappa shape index (κ3) is 4.83. The fraction of sp³-hybridized carbons (Fsp3) is 0.111. The standard InChI is InChI=1S/C18H15ClFN5O3/c19-13-8-12(5-6-14(13)20)23-18(21)17-15(24-28-25-17)9-22-11-3-1-10(2-4-11)7-16(26)27/h1-6,8,22H,7,9H2,(H2,21,23)(H,26,27). The van der Waals surface area contributed by atoms with Crippen molar-refractivity contribution in [3.05, 3.63) is 70.3 Å². The van der Waals surface area contributed by atoms with Crippen LogP contribution in [0.5, 0.6) is 0 Å². The zero-order valence-electron chi connectivity index (χ0n) is 14.4. The molecule has 0 atom stereocenters. The molecule has 0 aliphatic rings. The highest BCUT2D eigenvalue weighted by atomic mass is 35.5. The Labute approximate surface area is 163 Å². The normalized spacial score (nSPS) is 11.4. The molecule has 3 rings (SSSR count). The monoisotopic (exact) mass is 403 g/mol. The first kappa shape index (κ1) is 19.3. The second-order valence-corrected chi connectivity index (χ2v) is 6.18. The van der Waals surface area contributed by atoms with Crippen LogP contribution in [-0.4, -0.2) is 27.2 Å². The lowest BCUT2D eigenvalue weighted by Gasteiger charge is -2.06. The highest BCUT2D eigenvalue weighted by Gasteiger charge is 2.14. The number of benzene rings is 2. The van der Waals surface area contributed by atoms with E-state index >= 15 is 0 Å². The van der Waals surface area contributed by atoms with Crippen LogP contribution in [0.3, 0.4) is 0 Å². The van der Waals surface area contributed by atoms with Gasteiger partial charge in [0.25, 0.3) is 0 Å². The largest absolute Gasteiger partial charge is 0.481 e. The average molecular weight is 404 g/mol. The van der Waals surface area contributed by atoms with Gasteiger partial charge in [-0.3, -0.25) is 4.79 Å². The number of nitrogens with two attached hydrogens (primary N) is 1. The number of aliphatic carboxylic acids is 1. The van der Waals surface area contributed by atoms with E-state index < -0.39 is 11.8 Å². The van der Waals surface area contributed by atoms with E-state index in [1.54, 1.807) is 24.3 Å². The quantitative estimate of drug-likeness (QED) is 0.408. The lowest BCUT2D eigenvalue weighted by Crippen LogP contribution is -2.17. The molecule has 3 aromatic rings. The van der Waals surface area contributed by atoms with E-state index in [0.29, 0.717) is 16.9 Å². The first-order valence-corrected chi connectivity index (χ1v) is 8.46. The van der Waals surface area contributed by atoms with Gasteiger partial charge in [0.2, 0.25) is 0 Å². The molecule has 0 saturated carbocycles. The highest BCUT2D eigenvalue weighted by molar-refractivity contribution is 6.31. The van der Waals surface area contributed by atoms with Crippen molar-refractivity contribution in [3.8, 4) is 0 Å². The number of nitrogens with one attached hydrogen (secondary N) is 1. The molecule has 0 aliphatic heterocycles. The van der Waals surface area contributed by atoms with E-state index in [4.69, 9.17) is 27.1 Å². The van der Waals surface area contributed by atoms with Gasteiger partial charge in [0.15, 0.2) is 11.5 Å². The van der Waals surface area contributed by atoms with Gasteiger partial charge in [0, 0.05) is 5.69 Å². The van der Waals surface area contributed by atoms with Crippen LogP contribution in [0.25, 0.3) is 0 Å². The van der Waals surface area contributed by atoms with Crippen molar-refractivity contribution in [2.75, 3.05) is 5.32 Å². The van der Waals surface area contributed by atoms with E-state index in [0.717, 1.165) is 5.69 Å². The van der Waals surface area contributed by atoms with E-state index in [1.807, 2.05) is 0 Å². The number of aromatic nitrogens is 2. The smallest absolute Gasteiger partial charge is 0.307 e. The third-order valence-electron chi connectivity index (χ3n) is 3.72. The summed E-state index contributed by atoms with van der Waals surface area (Å²) in [6, 6.07) is 10.9. The molecule has 1 heterocycles. The molecule has 0 aliphatic carbocycles. The number of hydrogen-bond donors (Lipinski definition) is 3. The van der Waals surface area contributed by atoms with Crippen molar-refractivity contribution >= 4 is 34.8 Å². The average Bonchev–Trinajstić information content (AvgIpc) is 3.12. The van der Waals surface area contributed by atoms with Crippen molar-refractivity contribution in [2.24, 2.45) is 10.7 Å². The molecule has 10 heteroatoms. The molecule has 4 N–H and O–H groups in total. The zero-order valence-corrected chi connectivity index (χ0v) is 15.2. The van der Waals surface area contributed by atoms with Crippen LogP contribution in [-0.2, 0) is 17.8 Å². The number of rotatable bonds is 7. The van der Waals surface area contributed by atoms with Gasteiger partial charge in [0.05, 0.1) is 23.7 Å². The predicted molar refractivity (Wildman–Crippen MR) is 101 cm³/mol.